The van der Waals surface area contributed by atoms with Crippen molar-refractivity contribution in [3.63, 3.8) is 0 Å². The maximum atomic E-state index is 12.8. The van der Waals surface area contributed by atoms with E-state index >= 15 is 0 Å². The van der Waals surface area contributed by atoms with Crippen LogP contribution in [0.4, 0.5) is 9.18 Å². The molecule has 1 aromatic heterocycles. The smallest absolute Gasteiger partial charge is 0.315 e. The molecule has 1 heterocycles. The molecule has 0 saturated carbocycles. The summed E-state index contributed by atoms with van der Waals surface area (Å²) >= 11 is 0. The van der Waals surface area contributed by atoms with E-state index in [0.717, 1.165) is 11.3 Å². The van der Waals surface area contributed by atoms with Crippen LogP contribution in [0.1, 0.15) is 17.4 Å². The van der Waals surface area contributed by atoms with Gasteiger partial charge in [0.25, 0.3) is 0 Å². The number of rotatable bonds is 6. The Balaban J connectivity index is 1.80. The molecule has 1 atom stereocenters. The Morgan fingerprint density at radius 1 is 1.23 bits per heavy atom. The van der Waals surface area contributed by atoms with Crippen LogP contribution in [0, 0.1) is 5.82 Å². The lowest BCUT2D eigenvalue weighted by atomic mass is 10.2. The van der Waals surface area contributed by atoms with Crippen molar-refractivity contribution in [3.05, 3.63) is 59.8 Å². The van der Waals surface area contributed by atoms with Crippen LogP contribution < -0.4 is 10.6 Å². The van der Waals surface area contributed by atoms with Gasteiger partial charge in [0.15, 0.2) is 0 Å². The standard InChI is InChI=1S/C16H20FN3O2/c1-20(2)14(15-4-3-9-22-15)11-19-16(21)18-10-12-5-7-13(17)8-6-12/h3-9,14H,10-11H2,1-2H3,(H2,18,19,21). The number of nitrogens with zero attached hydrogens (tertiary/aromatic N) is 1. The summed E-state index contributed by atoms with van der Waals surface area (Å²) in [7, 11) is 3.84. The largest absolute Gasteiger partial charge is 0.468 e. The number of furan rings is 1. The Kier molecular flexibility index (Phi) is 5.55. The van der Waals surface area contributed by atoms with E-state index in [1.807, 2.05) is 31.1 Å². The highest BCUT2D eigenvalue weighted by molar-refractivity contribution is 5.73. The van der Waals surface area contributed by atoms with Crippen molar-refractivity contribution in [1.82, 2.24) is 15.5 Å². The summed E-state index contributed by atoms with van der Waals surface area (Å²) in [4.78, 5) is 13.8. The molecule has 2 N–H and O–H groups in total. The Morgan fingerprint density at radius 2 is 1.95 bits per heavy atom. The van der Waals surface area contributed by atoms with Crippen molar-refractivity contribution < 1.29 is 13.6 Å². The van der Waals surface area contributed by atoms with Gasteiger partial charge in [0.2, 0.25) is 0 Å². The monoisotopic (exact) mass is 305 g/mol. The number of urea groups is 1. The summed E-state index contributed by atoms with van der Waals surface area (Å²) in [6.07, 6.45) is 1.61. The second-order valence-electron chi connectivity index (χ2n) is 5.18. The molecule has 2 rings (SSSR count). The first-order valence-corrected chi connectivity index (χ1v) is 7.02. The van der Waals surface area contributed by atoms with Gasteiger partial charge in [-0.2, -0.15) is 0 Å². The number of amides is 2. The first kappa shape index (κ1) is 16.0. The number of carbonyl (C=O) groups is 1. The average molecular weight is 305 g/mol. The van der Waals surface area contributed by atoms with Gasteiger partial charge in [0.05, 0.1) is 12.3 Å². The summed E-state index contributed by atoms with van der Waals surface area (Å²) < 4.78 is 18.2. The third-order valence-corrected chi connectivity index (χ3v) is 3.32. The highest BCUT2D eigenvalue weighted by atomic mass is 19.1. The van der Waals surface area contributed by atoms with Gasteiger partial charge in [0.1, 0.15) is 11.6 Å². The van der Waals surface area contributed by atoms with Gasteiger partial charge >= 0.3 is 6.03 Å². The lowest BCUT2D eigenvalue weighted by Gasteiger charge is -2.22. The first-order chi connectivity index (χ1) is 10.6. The summed E-state index contributed by atoms with van der Waals surface area (Å²) in [5.41, 5.74) is 0.840. The number of nitrogens with one attached hydrogen (secondary N) is 2. The minimum absolute atomic E-state index is 0.0356. The van der Waals surface area contributed by atoms with Gasteiger partial charge in [0, 0.05) is 13.1 Å². The first-order valence-electron chi connectivity index (χ1n) is 7.02. The van der Waals surface area contributed by atoms with Gasteiger partial charge < -0.3 is 15.1 Å². The maximum Gasteiger partial charge on any atom is 0.315 e. The molecular formula is C16H20FN3O2. The molecule has 2 amide bonds. The van der Waals surface area contributed by atoms with Crippen molar-refractivity contribution in [2.45, 2.75) is 12.6 Å². The third-order valence-electron chi connectivity index (χ3n) is 3.32. The lowest BCUT2D eigenvalue weighted by molar-refractivity contribution is 0.225. The third kappa shape index (κ3) is 4.60. The molecule has 6 heteroatoms. The predicted octanol–water partition coefficient (Wildman–Crippen LogP) is 2.52. The van der Waals surface area contributed by atoms with Crippen LogP contribution in [0.5, 0.6) is 0 Å². The van der Waals surface area contributed by atoms with Crippen molar-refractivity contribution in [3.8, 4) is 0 Å². The van der Waals surface area contributed by atoms with Gasteiger partial charge in [-0.25, -0.2) is 9.18 Å². The minimum atomic E-state index is -0.291. The molecule has 22 heavy (non-hydrogen) atoms. The Labute approximate surface area is 129 Å². The van der Waals surface area contributed by atoms with Crippen LogP contribution in [-0.4, -0.2) is 31.6 Å². The van der Waals surface area contributed by atoms with E-state index in [-0.39, 0.29) is 17.9 Å². The zero-order valence-corrected chi connectivity index (χ0v) is 12.7. The van der Waals surface area contributed by atoms with Crippen molar-refractivity contribution in [2.75, 3.05) is 20.6 Å². The molecule has 0 aliphatic rings. The Morgan fingerprint density at radius 3 is 2.55 bits per heavy atom. The number of hydrogen-bond donors (Lipinski definition) is 2. The van der Waals surface area contributed by atoms with E-state index in [9.17, 15) is 9.18 Å². The lowest BCUT2D eigenvalue weighted by Crippen LogP contribution is -2.40. The summed E-state index contributed by atoms with van der Waals surface area (Å²) in [5.74, 6) is 0.504. The van der Waals surface area contributed by atoms with Gasteiger partial charge in [-0.3, -0.25) is 4.90 Å². The predicted molar refractivity (Wildman–Crippen MR) is 81.8 cm³/mol. The van der Waals surface area contributed by atoms with Crippen LogP contribution in [0.2, 0.25) is 0 Å². The van der Waals surface area contributed by atoms with Crippen LogP contribution in [0.25, 0.3) is 0 Å². The average Bonchev–Trinajstić information content (AvgIpc) is 3.00. The van der Waals surface area contributed by atoms with E-state index in [2.05, 4.69) is 10.6 Å². The van der Waals surface area contributed by atoms with Gasteiger partial charge in [-0.05, 0) is 43.9 Å². The Hall–Kier alpha value is -2.34. The summed E-state index contributed by atoms with van der Waals surface area (Å²) in [5, 5.41) is 5.54. The van der Waals surface area contributed by atoms with Crippen molar-refractivity contribution >= 4 is 6.03 Å². The molecule has 5 nitrogen and oxygen atoms in total. The number of likely N-dealkylation sites (N-methyl/N-ethyl adjacent to an activating group) is 1. The van der Waals surface area contributed by atoms with Crippen LogP contribution in [0.15, 0.2) is 47.1 Å². The molecule has 0 bridgehead atoms. The van der Waals surface area contributed by atoms with Crippen LogP contribution >= 0.6 is 0 Å². The van der Waals surface area contributed by atoms with Crippen molar-refractivity contribution in [2.24, 2.45) is 0 Å². The number of carbonyl (C=O) groups excluding carboxylic acids is 1. The second kappa shape index (κ2) is 7.61. The topological polar surface area (TPSA) is 57.5 Å². The molecule has 0 saturated heterocycles. The SMILES string of the molecule is CN(C)C(CNC(=O)NCc1ccc(F)cc1)c1ccco1. The summed E-state index contributed by atoms with van der Waals surface area (Å²) in [6.45, 7) is 0.773. The fourth-order valence-corrected chi connectivity index (χ4v) is 2.05. The summed E-state index contributed by atoms with van der Waals surface area (Å²) in [6, 6.07) is 9.40. The minimum Gasteiger partial charge on any atom is -0.468 e. The van der Waals surface area contributed by atoms with Crippen molar-refractivity contribution in [1.29, 1.82) is 0 Å². The van der Waals surface area contributed by atoms with E-state index < -0.39 is 0 Å². The number of halogens is 1. The zero-order chi connectivity index (χ0) is 15.9. The van der Waals surface area contributed by atoms with E-state index in [1.54, 1.807) is 18.4 Å². The molecule has 0 radical (unpaired) electrons. The fraction of sp³-hybridized carbons (Fsp3) is 0.312. The van der Waals surface area contributed by atoms with Crippen LogP contribution in [0.3, 0.4) is 0 Å². The van der Waals surface area contributed by atoms with Gasteiger partial charge in [-0.1, -0.05) is 12.1 Å². The number of benzene rings is 1. The van der Waals surface area contributed by atoms with Crippen LogP contribution in [-0.2, 0) is 6.54 Å². The number of hydrogen-bond acceptors (Lipinski definition) is 3. The molecular weight excluding hydrogens is 285 g/mol. The maximum absolute atomic E-state index is 12.8. The molecule has 0 fully saturated rings. The fourth-order valence-electron chi connectivity index (χ4n) is 2.05. The molecule has 118 valence electrons. The molecule has 1 aromatic carbocycles. The second-order valence-corrected chi connectivity index (χ2v) is 5.18. The normalized spacial score (nSPS) is 12.2. The van der Waals surface area contributed by atoms with E-state index in [4.69, 9.17) is 4.42 Å². The molecule has 0 spiro atoms. The highest BCUT2D eigenvalue weighted by Gasteiger charge is 2.17. The molecule has 1 unspecified atom stereocenters. The van der Waals surface area contributed by atoms with E-state index in [0.29, 0.717) is 13.1 Å². The molecule has 2 aromatic rings. The molecule has 0 aliphatic carbocycles. The highest BCUT2D eigenvalue weighted by Crippen LogP contribution is 2.17. The van der Waals surface area contributed by atoms with E-state index in [1.165, 1.54) is 12.1 Å². The zero-order valence-electron chi connectivity index (χ0n) is 12.7. The quantitative estimate of drug-likeness (QED) is 0.862. The molecule has 0 aliphatic heterocycles. The van der Waals surface area contributed by atoms with Gasteiger partial charge in [-0.15, -0.1) is 0 Å². The Bertz CT molecular complexity index is 582.